The Morgan fingerprint density at radius 3 is 1.20 bits per heavy atom. The van der Waals surface area contributed by atoms with Gasteiger partial charge < -0.3 is 38.2 Å². The maximum absolute atomic E-state index is 14.4. The molecule has 2 saturated carbocycles. The van der Waals surface area contributed by atoms with E-state index in [-0.39, 0.29) is 48.0 Å². The van der Waals surface area contributed by atoms with E-state index in [1.165, 1.54) is 24.0 Å². The van der Waals surface area contributed by atoms with E-state index >= 15 is 0 Å². The molecule has 0 bridgehead atoms. The van der Waals surface area contributed by atoms with Crippen LogP contribution >= 0.6 is 46.4 Å². The minimum absolute atomic E-state index is 0.0226. The van der Waals surface area contributed by atoms with Crippen LogP contribution in [0, 0.1) is 35.5 Å². The first kappa shape index (κ1) is 78.1. The van der Waals surface area contributed by atoms with Crippen molar-refractivity contribution in [3.8, 4) is 23.0 Å². The minimum Gasteiger partial charge on any atom is -0.489 e. The van der Waals surface area contributed by atoms with Crippen LogP contribution in [0.2, 0.25) is 20.1 Å². The molecule has 568 valence electrons. The number of nitrogens with zero attached hydrogens (tertiary/aromatic N) is 4. The van der Waals surface area contributed by atoms with Crippen molar-refractivity contribution < 1.29 is 47.6 Å². The van der Waals surface area contributed by atoms with E-state index < -0.39 is 24.3 Å². The summed E-state index contributed by atoms with van der Waals surface area (Å²) in [6, 6.07) is 53.9. The molecule has 4 heterocycles. The Morgan fingerprint density at radius 1 is 0.472 bits per heavy atom. The van der Waals surface area contributed by atoms with Crippen molar-refractivity contribution >= 4 is 81.5 Å². The number of benzene rings is 8. The van der Waals surface area contributed by atoms with Gasteiger partial charge in [-0.15, -0.1) is 0 Å². The number of carbonyl (C=O) groups excluding carboxylic acids is 4. The lowest BCUT2D eigenvalue weighted by molar-refractivity contribution is -0.165. The second-order valence-electron chi connectivity index (χ2n) is 31.2. The van der Waals surface area contributed by atoms with Gasteiger partial charge in [-0.05, 0) is 204 Å². The first-order chi connectivity index (χ1) is 52.0. The van der Waals surface area contributed by atoms with Gasteiger partial charge in [0.25, 0.3) is 11.8 Å². The molecule has 0 saturated heterocycles. The maximum atomic E-state index is 14.4. The average Bonchev–Trinajstić information content (AvgIpc) is 0.754. The van der Waals surface area contributed by atoms with Crippen LogP contribution in [0.5, 0.6) is 23.0 Å². The number of likely N-dealkylation sites (N-methyl/N-ethyl adjacent to an activating group) is 2. The second-order valence-corrected chi connectivity index (χ2v) is 32.9. The van der Waals surface area contributed by atoms with Crippen molar-refractivity contribution in [2.45, 2.75) is 194 Å². The topological polar surface area (TPSA) is 137 Å². The number of rotatable bonds is 20. The molecular formula is C90H100Cl4N4O10. The molecule has 6 aliphatic rings. The molecule has 2 fully saturated rings. The third-order valence-electron chi connectivity index (χ3n) is 23.3. The summed E-state index contributed by atoms with van der Waals surface area (Å²) in [5.41, 5.74) is 11.3. The van der Waals surface area contributed by atoms with Crippen LogP contribution in [-0.4, -0.2) is 71.9 Å². The van der Waals surface area contributed by atoms with E-state index in [0.29, 0.717) is 129 Å². The van der Waals surface area contributed by atoms with Gasteiger partial charge in [-0.1, -0.05) is 212 Å². The fourth-order valence-corrected chi connectivity index (χ4v) is 17.8. The Kier molecular flexibility index (Phi) is 24.9. The van der Waals surface area contributed by atoms with Gasteiger partial charge in [0.2, 0.25) is 12.2 Å². The lowest BCUT2D eigenvalue weighted by atomic mass is 9.75. The van der Waals surface area contributed by atoms with Gasteiger partial charge in [0.1, 0.15) is 60.5 Å². The number of carbonyl (C=O) groups is 4. The van der Waals surface area contributed by atoms with Gasteiger partial charge in [-0.25, -0.2) is 0 Å². The molecule has 8 aromatic rings. The largest absolute Gasteiger partial charge is 0.489 e. The Bertz CT molecular complexity index is 4220. The van der Waals surface area contributed by atoms with Gasteiger partial charge in [0.05, 0.1) is 31.5 Å². The van der Waals surface area contributed by atoms with Crippen molar-refractivity contribution in [2.24, 2.45) is 35.5 Å². The fraction of sp³-hybridized carbons (Fsp3) is 0.422. The molecule has 2 amide bonds. The molecule has 12 atom stereocenters. The standard InChI is InChI=1S/2C45H50Cl2N2O5/c2*1-6-38(30-10-8-7-9-11-30)49-25-33-24-42-39(22-32(33)23-40(49)45(51)54-41-20-28(4)12-18-35(41)27(2)3)48(5)44(50)43(53-42)31-14-16-34(17-15-31)52-26-29-13-19-36(46)37(47)21-29/h2*7-11,13-17,19,21-22,24,27-28,35,38,40-41,43H,6,12,18,20,23,25-26H2,1-5H3/t28-,35+,38+,40+,41?,43+;28-,35+,38-,40+,41?,43+/m11/s1. The summed E-state index contributed by atoms with van der Waals surface area (Å²) in [5, 5.41) is 1.95. The molecule has 0 radical (unpaired) electrons. The Labute approximate surface area is 657 Å². The van der Waals surface area contributed by atoms with E-state index in [4.69, 9.17) is 74.8 Å². The zero-order chi connectivity index (χ0) is 76.2. The summed E-state index contributed by atoms with van der Waals surface area (Å²) < 4.78 is 38.1. The van der Waals surface area contributed by atoms with Crippen LogP contribution in [0.25, 0.3) is 0 Å². The summed E-state index contributed by atoms with van der Waals surface area (Å²) in [4.78, 5) is 64.5. The molecule has 14 nitrogen and oxygen atoms in total. The highest BCUT2D eigenvalue weighted by Gasteiger charge is 2.45. The smallest absolute Gasteiger partial charge is 0.324 e. The van der Waals surface area contributed by atoms with Crippen molar-refractivity contribution in [3.63, 3.8) is 0 Å². The predicted molar refractivity (Wildman–Crippen MR) is 428 cm³/mol. The van der Waals surface area contributed by atoms with E-state index in [1.807, 2.05) is 84.9 Å². The molecule has 108 heavy (non-hydrogen) atoms. The highest BCUT2D eigenvalue weighted by atomic mass is 35.5. The Hall–Kier alpha value is -8.08. The molecule has 0 N–H and O–H groups in total. The normalized spacial score (nSPS) is 23.3. The van der Waals surface area contributed by atoms with Gasteiger partial charge in [0, 0.05) is 50.4 Å². The number of hydrogen-bond acceptors (Lipinski definition) is 12. The van der Waals surface area contributed by atoms with E-state index in [2.05, 4.69) is 126 Å². The molecule has 2 unspecified atom stereocenters. The lowest BCUT2D eigenvalue weighted by Gasteiger charge is -2.43. The molecule has 2 aliphatic carbocycles. The summed E-state index contributed by atoms with van der Waals surface area (Å²) >= 11 is 24.4. The SMILES string of the molecule is CC[C@@H](c1ccccc1)N1Cc2cc3c(cc2C[C@H]1C(=O)OC1C[C@H](C)CC[C@H]1C(C)C)N(C)C(=O)[C@H](c1ccc(OCc2ccc(Cl)c(Cl)c2)cc1)O3.CC[C@H](c1ccccc1)N1Cc2cc3c(cc2C[C@H]1C(=O)OC1C[C@H](C)CC[C@H]1C(C)C)N(C)C(=O)[C@H](c1ccc(OCc2ccc(Cl)c(Cl)c2)cc1)O3. The van der Waals surface area contributed by atoms with Gasteiger partial charge in [-0.2, -0.15) is 0 Å². The highest BCUT2D eigenvalue weighted by molar-refractivity contribution is 6.42. The monoisotopic (exact) mass is 1540 g/mol. The van der Waals surface area contributed by atoms with Gasteiger partial charge in [-0.3, -0.25) is 29.0 Å². The van der Waals surface area contributed by atoms with Crippen LogP contribution in [0.1, 0.15) is 187 Å². The van der Waals surface area contributed by atoms with E-state index in [9.17, 15) is 19.2 Å². The molecule has 0 spiro atoms. The molecule has 8 aromatic carbocycles. The van der Waals surface area contributed by atoms with Crippen molar-refractivity contribution in [3.05, 3.63) is 246 Å². The average molecular weight is 1540 g/mol. The lowest BCUT2D eigenvalue weighted by Crippen LogP contribution is -2.50. The Balaban J connectivity index is 0.000000190. The number of amides is 2. The number of ether oxygens (including phenoxy) is 6. The summed E-state index contributed by atoms with van der Waals surface area (Å²) in [7, 11) is 3.58. The Morgan fingerprint density at radius 2 is 0.852 bits per heavy atom. The van der Waals surface area contributed by atoms with Gasteiger partial charge in [0.15, 0.2) is 0 Å². The molecular weight excluding hydrogens is 1440 g/mol. The molecule has 14 rings (SSSR count). The molecule has 0 aromatic heterocycles. The fourth-order valence-electron chi connectivity index (χ4n) is 17.1. The number of fused-ring (bicyclic) bond motifs is 4. The predicted octanol–water partition coefficient (Wildman–Crippen LogP) is 21.1. The quantitative estimate of drug-likeness (QED) is 0.0672. The zero-order valence-electron chi connectivity index (χ0n) is 63.5. The summed E-state index contributed by atoms with van der Waals surface area (Å²) in [6.45, 7) is 19.6. The van der Waals surface area contributed by atoms with E-state index in [1.54, 1.807) is 48.2 Å². The summed E-state index contributed by atoms with van der Waals surface area (Å²) in [6.07, 6.45) is 7.20. The van der Waals surface area contributed by atoms with Crippen LogP contribution < -0.4 is 28.7 Å². The zero-order valence-corrected chi connectivity index (χ0v) is 66.6. The van der Waals surface area contributed by atoms with Gasteiger partial charge >= 0.3 is 11.9 Å². The first-order valence-corrected chi connectivity index (χ1v) is 40.1. The second kappa shape index (κ2) is 34.5. The third kappa shape index (κ3) is 17.4. The third-order valence-corrected chi connectivity index (χ3v) is 24.8. The number of hydrogen-bond donors (Lipinski definition) is 0. The highest BCUT2D eigenvalue weighted by Crippen LogP contribution is 2.48. The van der Waals surface area contributed by atoms with Crippen molar-refractivity contribution in [2.75, 3.05) is 23.9 Å². The van der Waals surface area contributed by atoms with Crippen LogP contribution in [0.4, 0.5) is 11.4 Å². The minimum atomic E-state index is -0.813. The summed E-state index contributed by atoms with van der Waals surface area (Å²) in [5.74, 6) is 4.65. The molecule has 18 heteroatoms. The van der Waals surface area contributed by atoms with Crippen LogP contribution in [-0.2, 0) is 67.8 Å². The first-order valence-electron chi connectivity index (χ1n) is 38.6. The van der Waals surface area contributed by atoms with Crippen molar-refractivity contribution in [1.29, 1.82) is 0 Å². The number of halogens is 4. The number of anilines is 2. The van der Waals surface area contributed by atoms with Crippen LogP contribution in [0.3, 0.4) is 0 Å². The maximum Gasteiger partial charge on any atom is 0.324 e. The van der Waals surface area contributed by atoms with Crippen LogP contribution in [0.15, 0.2) is 170 Å². The van der Waals surface area contributed by atoms with Crippen molar-refractivity contribution in [1.82, 2.24) is 9.80 Å². The number of esters is 2. The molecule has 4 aliphatic heterocycles. The van der Waals surface area contributed by atoms with E-state index in [0.717, 1.165) is 83.0 Å².